The summed E-state index contributed by atoms with van der Waals surface area (Å²) in [6.07, 6.45) is 6.98. The minimum atomic E-state index is -0.146. The number of methoxy groups -OCH3 is 2. The number of piperidine rings is 1. The summed E-state index contributed by atoms with van der Waals surface area (Å²) in [6, 6.07) is 6.52. The first-order valence-corrected chi connectivity index (χ1v) is 11.1. The molecule has 8 heteroatoms. The fraction of sp³-hybridized carbons (Fsp3) is 0.583. The van der Waals surface area contributed by atoms with Crippen LogP contribution in [0.25, 0.3) is 0 Å². The number of likely N-dealkylation sites (tertiary alicyclic amines) is 1. The molecule has 0 amide bonds. The van der Waals surface area contributed by atoms with E-state index in [2.05, 4.69) is 65.8 Å². The number of hydrogen-bond donors (Lipinski definition) is 1. The van der Waals surface area contributed by atoms with Gasteiger partial charge in [0.05, 0.1) is 33.1 Å². The van der Waals surface area contributed by atoms with Crippen LogP contribution in [0.2, 0.25) is 0 Å². The highest BCUT2D eigenvalue weighted by molar-refractivity contribution is 14.0. The zero-order valence-electron chi connectivity index (χ0n) is 20.2. The van der Waals surface area contributed by atoms with E-state index in [9.17, 15) is 0 Å². The average molecular weight is 556 g/mol. The van der Waals surface area contributed by atoms with Gasteiger partial charge in [-0.2, -0.15) is 0 Å². The Morgan fingerprint density at radius 3 is 2.62 bits per heavy atom. The molecule has 0 saturated carbocycles. The quantitative estimate of drug-likeness (QED) is 0.313. The van der Waals surface area contributed by atoms with Crippen LogP contribution in [0.3, 0.4) is 0 Å². The molecule has 7 nitrogen and oxygen atoms in total. The summed E-state index contributed by atoms with van der Waals surface area (Å²) in [5, 5.41) is 3.50. The fourth-order valence-corrected chi connectivity index (χ4v) is 4.14. The zero-order valence-corrected chi connectivity index (χ0v) is 22.5. The number of rotatable bonds is 7. The van der Waals surface area contributed by atoms with Crippen molar-refractivity contribution in [3.05, 3.63) is 42.5 Å². The molecule has 0 aliphatic carbocycles. The number of aliphatic imine (C=N–C) groups is 1. The number of nitrogens with one attached hydrogen (secondary N) is 1. The maximum Gasteiger partial charge on any atom is 0.194 e. The number of ether oxygens (including phenoxy) is 2. The van der Waals surface area contributed by atoms with Gasteiger partial charge >= 0.3 is 0 Å². The van der Waals surface area contributed by atoms with E-state index in [1.165, 1.54) is 5.56 Å². The van der Waals surface area contributed by atoms with E-state index in [-0.39, 0.29) is 29.4 Å². The molecular weight excluding hydrogens is 517 g/mol. The van der Waals surface area contributed by atoms with Gasteiger partial charge in [-0.3, -0.25) is 4.99 Å². The van der Waals surface area contributed by atoms with Gasteiger partial charge in [0.15, 0.2) is 17.5 Å². The lowest BCUT2D eigenvalue weighted by Gasteiger charge is -2.39. The molecule has 1 N–H and O–H groups in total. The maximum absolute atomic E-state index is 5.50. The molecule has 1 saturated heterocycles. The first-order chi connectivity index (χ1) is 14.9. The summed E-state index contributed by atoms with van der Waals surface area (Å²) in [7, 11) is 3.33. The van der Waals surface area contributed by atoms with Crippen molar-refractivity contribution < 1.29 is 9.47 Å². The summed E-state index contributed by atoms with van der Waals surface area (Å²) in [5.41, 5.74) is 1.03. The Labute approximate surface area is 209 Å². The van der Waals surface area contributed by atoms with Gasteiger partial charge in [-0.25, -0.2) is 4.98 Å². The summed E-state index contributed by atoms with van der Waals surface area (Å²) in [6.45, 7) is 12.3. The molecule has 2 atom stereocenters. The number of aromatic nitrogens is 2. The molecule has 32 heavy (non-hydrogen) atoms. The van der Waals surface area contributed by atoms with Crippen molar-refractivity contribution in [2.45, 2.75) is 45.6 Å². The van der Waals surface area contributed by atoms with E-state index in [1.54, 1.807) is 14.2 Å². The van der Waals surface area contributed by atoms with Gasteiger partial charge in [0.1, 0.15) is 0 Å². The van der Waals surface area contributed by atoms with E-state index in [4.69, 9.17) is 14.5 Å². The second kappa shape index (κ2) is 11.8. The summed E-state index contributed by atoms with van der Waals surface area (Å²) in [5.74, 6) is 3.08. The van der Waals surface area contributed by atoms with Crippen molar-refractivity contribution >= 4 is 29.9 Å². The number of benzene rings is 1. The van der Waals surface area contributed by atoms with Crippen molar-refractivity contribution in [2.24, 2.45) is 10.9 Å². The lowest BCUT2D eigenvalue weighted by Crippen LogP contribution is -2.49. The monoisotopic (exact) mass is 555 g/mol. The molecule has 3 rings (SSSR count). The molecule has 1 aliphatic heterocycles. The van der Waals surface area contributed by atoms with Crippen molar-refractivity contribution in [1.82, 2.24) is 19.8 Å². The van der Waals surface area contributed by atoms with Gasteiger partial charge in [-0.15, -0.1) is 24.0 Å². The van der Waals surface area contributed by atoms with Crippen molar-refractivity contribution in [1.29, 1.82) is 0 Å². The van der Waals surface area contributed by atoms with Crippen molar-refractivity contribution in [3.8, 4) is 11.5 Å². The first kappa shape index (κ1) is 26.3. The molecule has 0 spiro atoms. The van der Waals surface area contributed by atoms with Gasteiger partial charge in [-0.1, -0.05) is 26.8 Å². The normalized spacial score (nSPS) is 19.3. The van der Waals surface area contributed by atoms with Gasteiger partial charge in [-0.05, 0) is 37.0 Å². The highest BCUT2D eigenvalue weighted by Crippen LogP contribution is 2.33. The second-order valence-corrected chi connectivity index (χ2v) is 8.91. The van der Waals surface area contributed by atoms with Crippen molar-refractivity contribution in [3.63, 3.8) is 0 Å². The van der Waals surface area contributed by atoms with E-state index in [1.807, 2.05) is 18.6 Å². The van der Waals surface area contributed by atoms with Crippen LogP contribution >= 0.6 is 24.0 Å². The molecule has 0 radical (unpaired) electrons. The predicted molar refractivity (Wildman–Crippen MR) is 141 cm³/mol. The number of hydrogen-bond acceptors (Lipinski definition) is 4. The average Bonchev–Trinajstić information content (AvgIpc) is 3.31. The lowest BCUT2D eigenvalue weighted by atomic mass is 9.84. The van der Waals surface area contributed by atoms with E-state index in [0.29, 0.717) is 18.5 Å². The summed E-state index contributed by atoms with van der Waals surface area (Å²) < 4.78 is 13.1. The summed E-state index contributed by atoms with van der Waals surface area (Å²) >= 11 is 0. The van der Waals surface area contributed by atoms with Crippen LogP contribution in [-0.2, 0) is 5.41 Å². The maximum atomic E-state index is 5.50. The van der Waals surface area contributed by atoms with E-state index >= 15 is 0 Å². The zero-order chi connectivity index (χ0) is 22.4. The molecule has 0 bridgehead atoms. The molecule has 2 heterocycles. The van der Waals surface area contributed by atoms with Gasteiger partial charge in [0, 0.05) is 37.4 Å². The topological polar surface area (TPSA) is 63.9 Å². The van der Waals surface area contributed by atoms with Crippen LogP contribution in [0.4, 0.5) is 0 Å². The number of guanidine groups is 1. The first-order valence-electron chi connectivity index (χ1n) is 11.1. The second-order valence-electron chi connectivity index (χ2n) is 8.91. The number of halogens is 1. The van der Waals surface area contributed by atoms with Gasteiger partial charge in [0.25, 0.3) is 0 Å². The van der Waals surface area contributed by atoms with Gasteiger partial charge in [0.2, 0.25) is 0 Å². The standard InChI is InChI=1S/C24H37N5O2.HI/c1-7-26-23(28-12-10-18(2)20(15-28)29-13-11-25-17-29)27-16-24(3,4)19-8-9-21(30-5)22(14-19)31-6;/h8-9,11,13-14,17-18,20H,7,10,12,15-16H2,1-6H3,(H,26,27);1H. The van der Waals surface area contributed by atoms with Crippen LogP contribution in [0, 0.1) is 5.92 Å². The Morgan fingerprint density at radius 2 is 2.00 bits per heavy atom. The Balaban J connectivity index is 0.00000363. The minimum Gasteiger partial charge on any atom is -0.493 e. The molecule has 1 aliphatic rings. The number of imidazole rings is 1. The van der Waals surface area contributed by atoms with Crippen LogP contribution < -0.4 is 14.8 Å². The van der Waals surface area contributed by atoms with Crippen LogP contribution in [0.5, 0.6) is 11.5 Å². The fourth-order valence-electron chi connectivity index (χ4n) is 4.14. The third-order valence-corrected chi connectivity index (χ3v) is 6.25. The molecule has 1 aromatic heterocycles. The Bertz CT molecular complexity index is 869. The molecule has 2 aromatic rings. The lowest BCUT2D eigenvalue weighted by molar-refractivity contribution is 0.188. The SMILES string of the molecule is CCNC(=NCC(C)(C)c1ccc(OC)c(OC)c1)N1CCC(C)C(n2ccnc2)C1.I. The molecule has 1 fully saturated rings. The largest absolute Gasteiger partial charge is 0.493 e. The Kier molecular flexibility index (Phi) is 9.66. The summed E-state index contributed by atoms with van der Waals surface area (Å²) in [4.78, 5) is 11.7. The van der Waals surface area contributed by atoms with Gasteiger partial charge < -0.3 is 24.3 Å². The predicted octanol–water partition coefficient (Wildman–Crippen LogP) is 4.34. The molecular formula is C24H38IN5O2. The van der Waals surface area contributed by atoms with Crippen LogP contribution in [-0.4, -0.2) is 60.8 Å². The molecule has 178 valence electrons. The third kappa shape index (κ3) is 6.08. The van der Waals surface area contributed by atoms with E-state index < -0.39 is 0 Å². The van der Waals surface area contributed by atoms with Crippen molar-refractivity contribution in [2.75, 3.05) is 40.4 Å². The van der Waals surface area contributed by atoms with E-state index in [0.717, 1.165) is 43.5 Å². The third-order valence-electron chi connectivity index (χ3n) is 6.25. The minimum absolute atomic E-state index is 0. The highest BCUT2D eigenvalue weighted by atomic mass is 127. The highest BCUT2D eigenvalue weighted by Gasteiger charge is 2.29. The number of nitrogens with zero attached hydrogens (tertiary/aromatic N) is 4. The molecule has 2 unspecified atom stereocenters. The Morgan fingerprint density at radius 1 is 1.25 bits per heavy atom. The smallest absolute Gasteiger partial charge is 0.194 e. The molecule has 1 aromatic carbocycles. The van der Waals surface area contributed by atoms with Crippen LogP contribution in [0.1, 0.15) is 45.7 Å². The Hall–Kier alpha value is -1.97. The van der Waals surface area contributed by atoms with Crippen LogP contribution in [0.15, 0.2) is 41.9 Å².